The van der Waals surface area contributed by atoms with Gasteiger partial charge in [-0.3, -0.25) is 0 Å². The lowest BCUT2D eigenvalue weighted by Gasteiger charge is -2.28. The normalized spacial score (nSPS) is 16.9. The maximum atomic E-state index is 12.8. The molecule has 0 radical (unpaired) electrons. The lowest BCUT2D eigenvalue weighted by Crippen LogP contribution is -2.34. The first-order valence-corrected chi connectivity index (χ1v) is 8.82. The first kappa shape index (κ1) is 21.1. The molecule has 0 aromatic carbocycles. The number of nitro groups is 1. The van der Waals surface area contributed by atoms with Crippen LogP contribution in [0.15, 0.2) is 28.7 Å². The van der Waals surface area contributed by atoms with Crippen molar-refractivity contribution in [1.29, 1.82) is 0 Å². The second-order valence-corrected chi connectivity index (χ2v) is 6.60. The summed E-state index contributed by atoms with van der Waals surface area (Å²) in [4.78, 5) is 40.3. The molecule has 1 atom stereocenters. The smallest absolute Gasteiger partial charge is 0.342 e. The predicted molar refractivity (Wildman–Crippen MR) is 99.0 cm³/mol. The standard InChI is InChI=1S/C18H24N4O6/c1-7-27-17(23)13-10(4)20-11(5)14(18(24)28-9(2)3)15(13)16-19-8-12(21(16)6)22(25)26/h8-9,15,20H,7H2,1-6H3. The van der Waals surface area contributed by atoms with Gasteiger partial charge in [0.2, 0.25) is 5.82 Å². The molecule has 1 aliphatic rings. The molecule has 1 unspecified atom stereocenters. The van der Waals surface area contributed by atoms with Gasteiger partial charge in [0.15, 0.2) is 0 Å². The Hall–Kier alpha value is -3.17. The maximum Gasteiger partial charge on any atom is 0.342 e. The van der Waals surface area contributed by atoms with Gasteiger partial charge >= 0.3 is 17.8 Å². The molecule has 0 aliphatic carbocycles. The van der Waals surface area contributed by atoms with Crippen LogP contribution in [-0.4, -0.2) is 39.1 Å². The quantitative estimate of drug-likeness (QED) is 0.443. The van der Waals surface area contributed by atoms with E-state index in [4.69, 9.17) is 9.47 Å². The molecule has 2 heterocycles. The molecule has 1 aromatic heterocycles. The van der Waals surface area contributed by atoms with Crippen molar-refractivity contribution in [2.75, 3.05) is 6.61 Å². The molecule has 0 saturated heterocycles. The maximum absolute atomic E-state index is 12.8. The number of hydrogen-bond acceptors (Lipinski definition) is 8. The summed E-state index contributed by atoms with van der Waals surface area (Å²) in [5.41, 5.74) is 1.28. The highest BCUT2D eigenvalue weighted by Crippen LogP contribution is 2.39. The average Bonchev–Trinajstić information content (AvgIpc) is 2.94. The molecular weight excluding hydrogens is 368 g/mol. The van der Waals surface area contributed by atoms with Crippen molar-refractivity contribution in [2.24, 2.45) is 7.05 Å². The number of dihydropyridines is 1. The summed E-state index contributed by atoms with van der Waals surface area (Å²) in [6, 6.07) is 0. The van der Waals surface area contributed by atoms with Gasteiger partial charge in [-0.1, -0.05) is 0 Å². The highest BCUT2D eigenvalue weighted by molar-refractivity contribution is 5.99. The molecule has 1 aromatic rings. The van der Waals surface area contributed by atoms with E-state index in [1.165, 1.54) is 11.6 Å². The van der Waals surface area contributed by atoms with Crippen molar-refractivity contribution >= 4 is 17.8 Å². The van der Waals surface area contributed by atoms with Crippen molar-refractivity contribution in [3.05, 3.63) is 44.7 Å². The summed E-state index contributed by atoms with van der Waals surface area (Å²) >= 11 is 0. The van der Waals surface area contributed by atoms with Crippen LogP contribution in [0, 0.1) is 10.1 Å². The molecule has 0 bridgehead atoms. The fraction of sp³-hybridized carbons (Fsp3) is 0.500. The fourth-order valence-electron chi connectivity index (χ4n) is 3.13. The van der Waals surface area contributed by atoms with Gasteiger partial charge in [-0.25, -0.2) is 19.1 Å². The molecule has 1 aliphatic heterocycles. The Morgan fingerprint density at radius 3 is 2.32 bits per heavy atom. The van der Waals surface area contributed by atoms with Crippen LogP contribution in [0.4, 0.5) is 5.82 Å². The lowest BCUT2D eigenvalue weighted by atomic mass is 9.84. The molecule has 0 spiro atoms. The zero-order valence-corrected chi connectivity index (χ0v) is 16.7. The number of carbonyl (C=O) groups excluding carboxylic acids is 2. The lowest BCUT2D eigenvalue weighted by molar-refractivity contribution is -0.391. The van der Waals surface area contributed by atoms with E-state index in [0.29, 0.717) is 11.4 Å². The fourth-order valence-corrected chi connectivity index (χ4v) is 3.13. The number of rotatable bonds is 6. The second-order valence-electron chi connectivity index (χ2n) is 6.60. The number of nitrogens with one attached hydrogen (secondary N) is 1. The van der Waals surface area contributed by atoms with Crippen molar-refractivity contribution in [3.8, 4) is 0 Å². The zero-order chi connectivity index (χ0) is 21.2. The SMILES string of the molecule is CCOC(=O)C1=C(C)NC(C)=C(C(=O)OC(C)C)C1c1ncc([N+](=O)[O-])n1C. The summed E-state index contributed by atoms with van der Waals surface area (Å²) in [5.74, 6) is -2.32. The van der Waals surface area contributed by atoms with Gasteiger partial charge in [-0.05, 0) is 39.5 Å². The first-order valence-electron chi connectivity index (χ1n) is 8.82. The third-order valence-electron chi connectivity index (χ3n) is 4.26. The summed E-state index contributed by atoms with van der Waals surface area (Å²) in [5, 5.41) is 14.3. The monoisotopic (exact) mass is 392 g/mol. The van der Waals surface area contributed by atoms with Crippen LogP contribution in [0.25, 0.3) is 0 Å². The largest absolute Gasteiger partial charge is 0.463 e. The average molecular weight is 392 g/mol. The summed E-state index contributed by atoms with van der Waals surface area (Å²) in [7, 11) is 1.46. The van der Waals surface area contributed by atoms with Crippen LogP contribution in [-0.2, 0) is 26.1 Å². The van der Waals surface area contributed by atoms with E-state index in [-0.39, 0.29) is 35.5 Å². The van der Waals surface area contributed by atoms with Crippen molar-refractivity contribution < 1.29 is 24.0 Å². The Labute approximate surface area is 162 Å². The Balaban J connectivity index is 2.70. The van der Waals surface area contributed by atoms with Crippen molar-refractivity contribution in [2.45, 2.75) is 46.6 Å². The molecule has 2 rings (SSSR count). The van der Waals surface area contributed by atoms with E-state index >= 15 is 0 Å². The number of carbonyl (C=O) groups is 2. The third-order valence-corrected chi connectivity index (χ3v) is 4.26. The minimum Gasteiger partial charge on any atom is -0.463 e. The summed E-state index contributed by atoms with van der Waals surface area (Å²) in [6.07, 6.45) is 0.707. The molecule has 0 saturated carbocycles. The molecule has 28 heavy (non-hydrogen) atoms. The summed E-state index contributed by atoms with van der Waals surface area (Å²) < 4.78 is 11.8. The van der Waals surface area contributed by atoms with Gasteiger partial charge in [0.25, 0.3) is 0 Å². The van der Waals surface area contributed by atoms with Gasteiger partial charge < -0.3 is 24.9 Å². The number of allylic oxidation sites excluding steroid dienone is 2. The highest BCUT2D eigenvalue weighted by atomic mass is 16.6. The van der Waals surface area contributed by atoms with E-state index in [0.717, 1.165) is 6.20 Å². The highest BCUT2D eigenvalue weighted by Gasteiger charge is 2.42. The third kappa shape index (κ3) is 3.90. The van der Waals surface area contributed by atoms with Crippen LogP contribution in [0.2, 0.25) is 0 Å². The van der Waals surface area contributed by atoms with Gasteiger partial charge in [0.05, 0.1) is 30.9 Å². The molecule has 1 N–H and O–H groups in total. The van der Waals surface area contributed by atoms with E-state index in [9.17, 15) is 19.7 Å². The number of esters is 2. The van der Waals surface area contributed by atoms with E-state index < -0.39 is 22.8 Å². The van der Waals surface area contributed by atoms with Crippen LogP contribution in [0.1, 0.15) is 46.4 Å². The molecule has 10 nitrogen and oxygen atoms in total. The van der Waals surface area contributed by atoms with Crippen LogP contribution in [0.3, 0.4) is 0 Å². The van der Waals surface area contributed by atoms with E-state index in [1.54, 1.807) is 34.6 Å². The van der Waals surface area contributed by atoms with Crippen molar-refractivity contribution in [1.82, 2.24) is 14.9 Å². The number of aromatic nitrogens is 2. The Bertz CT molecular complexity index is 881. The van der Waals surface area contributed by atoms with Gasteiger partial charge in [-0.2, -0.15) is 0 Å². The van der Waals surface area contributed by atoms with E-state index in [1.807, 2.05) is 0 Å². The molecule has 0 fully saturated rings. The van der Waals surface area contributed by atoms with Crippen LogP contribution in [0.5, 0.6) is 0 Å². The van der Waals surface area contributed by atoms with Crippen LogP contribution >= 0.6 is 0 Å². The Morgan fingerprint density at radius 2 is 1.86 bits per heavy atom. The first-order chi connectivity index (χ1) is 13.1. The van der Waals surface area contributed by atoms with Crippen molar-refractivity contribution in [3.63, 3.8) is 0 Å². The van der Waals surface area contributed by atoms with E-state index in [2.05, 4.69) is 10.3 Å². The number of hydrogen-bond donors (Lipinski definition) is 1. The molecule has 152 valence electrons. The minimum atomic E-state index is -0.967. The number of imidazole rings is 1. The number of ether oxygens (including phenoxy) is 2. The molecular formula is C18H24N4O6. The zero-order valence-electron chi connectivity index (χ0n) is 16.7. The van der Waals surface area contributed by atoms with Gasteiger partial charge in [-0.15, -0.1) is 0 Å². The molecule has 0 amide bonds. The number of nitrogens with zero attached hydrogens (tertiary/aromatic N) is 3. The second kappa shape index (κ2) is 8.24. The Morgan fingerprint density at radius 1 is 1.29 bits per heavy atom. The Kier molecular flexibility index (Phi) is 6.22. The predicted octanol–water partition coefficient (Wildman–Crippen LogP) is 2.08. The van der Waals surface area contributed by atoms with Crippen LogP contribution < -0.4 is 5.32 Å². The molecule has 10 heteroatoms. The van der Waals surface area contributed by atoms with Gasteiger partial charge in [0.1, 0.15) is 12.1 Å². The topological polar surface area (TPSA) is 126 Å². The summed E-state index contributed by atoms with van der Waals surface area (Å²) in [6.45, 7) is 8.56. The van der Waals surface area contributed by atoms with Gasteiger partial charge in [0, 0.05) is 11.4 Å². The minimum absolute atomic E-state index is 0.136.